The first kappa shape index (κ1) is 10.3. The molecule has 0 fully saturated rings. The van der Waals surface area contributed by atoms with Crippen LogP contribution in [0.1, 0.15) is 13.0 Å². The Morgan fingerprint density at radius 2 is 2.50 bits per heavy atom. The van der Waals surface area contributed by atoms with E-state index in [1.165, 1.54) is 11.1 Å². The van der Waals surface area contributed by atoms with Crippen molar-refractivity contribution < 1.29 is 9.21 Å². The molecular formula is C8H10N6O2. The van der Waals surface area contributed by atoms with Gasteiger partial charge in [-0.15, -0.1) is 10.2 Å². The van der Waals surface area contributed by atoms with Gasteiger partial charge < -0.3 is 4.42 Å². The smallest absolute Gasteiger partial charge is 0.260 e. The van der Waals surface area contributed by atoms with Crippen molar-refractivity contribution in [1.29, 1.82) is 0 Å². The summed E-state index contributed by atoms with van der Waals surface area (Å²) in [5, 5.41) is 11.5. The summed E-state index contributed by atoms with van der Waals surface area (Å²) >= 11 is 0. The minimum absolute atomic E-state index is 0.321. The summed E-state index contributed by atoms with van der Waals surface area (Å²) in [5.74, 6) is 5.42. The normalized spacial score (nSPS) is 12.4. The van der Waals surface area contributed by atoms with Crippen molar-refractivity contribution in [2.75, 3.05) is 0 Å². The van der Waals surface area contributed by atoms with Crippen LogP contribution in [0.5, 0.6) is 0 Å². The average Bonchev–Trinajstić information content (AvgIpc) is 2.96. The Labute approximate surface area is 90.4 Å². The fraction of sp³-hybridized carbons (Fsp3) is 0.250. The van der Waals surface area contributed by atoms with E-state index in [1.54, 1.807) is 19.1 Å². The third-order valence-corrected chi connectivity index (χ3v) is 2.04. The quantitative estimate of drug-likeness (QED) is 0.410. The second-order valence-electron chi connectivity index (χ2n) is 3.10. The number of nitrogens with two attached hydrogens (primary N) is 1. The number of tetrazole rings is 1. The molecule has 2 rings (SSSR count). The molecule has 0 aliphatic heterocycles. The van der Waals surface area contributed by atoms with Crippen LogP contribution in [0.3, 0.4) is 0 Å². The first-order valence-corrected chi connectivity index (χ1v) is 4.56. The van der Waals surface area contributed by atoms with Crippen molar-refractivity contribution in [1.82, 2.24) is 25.6 Å². The van der Waals surface area contributed by atoms with Crippen LogP contribution in [0, 0.1) is 0 Å². The van der Waals surface area contributed by atoms with E-state index in [1.807, 2.05) is 5.43 Å². The Balaban J connectivity index is 2.23. The minimum atomic E-state index is -0.624. The second kappa shape index (κ2) is 4.11. The zero-order chi connectivity index (χ0) is 11.5. The van der Waals surface area contributed by atoms with E-state index >= 15 is 0 Å². The third-order valence-electron chi connectivity index (χ3n) is 2.04. The molecule has 1 atom stereocenters. The molecule has 2 aromatic heterocycles. The van der Waals surface area contributed by atoms with Crippen LogP contribution in [0.2, 0.25) is 0 Å². The maximum atomic E-state index is 11.2. The van der Waals surface area contributed by atoms with E-state index in [4.69, 9.17) is 10.3 Å². The van der Waals surface area contributed by atoms with Gasteiger partial charge in [0.1, 0.15) is 0 Å². The third kappa shape index (κ3) is 1.77. The Kier molecular flexibility index (Phi) is 2.64. The van der Waals surface area contributed by atoms with Gasteiger partial charge in [-0.2, -0.15) is 4.80 Å². The van der Waals surface area contributed by atoms with Crippen LogP contribution in [0.25, 0.3) is 11.6 Å². The van der Waals surface area contributed by atoms with Gasteiger partial charge in [-0.05, 0) is 24.3 Å². The molecule has 0 bridgehead atoms. The van der Waals surface area contributed by atoms with Crippen molar-refractivity contribution in [3.8, 4) is 11.6 Å². The average molecular weight is 222 g/mol. The molecule has 0 spiro atoms. The monoisotopic (exact) mass is 222 g/mol. The molecule has 2 aromatic rings. The Morgan fingerprint density at radius 1 is 1.69 bits per heavy atom. The summed E-state index contributed by atoms with van der Waals surface area (Å²) in [6.45, 7) is 1.61. The standard InChI is InChI=1S/C8H10N6O2/c1-5(8(15)10-9)14-12-7(11-13-14)6-3-2-4-16-6/h2-5H,9H2,1H3,(H,10,15). The molecule has 16 heavy (non-hydrogen) atoms. The minimum Gasteiger partial charge on any atom is -0.461 e. The Bertz CT molecular complexity index is 476. The first-order chi connectivity index (χ1) is 7.72. The molecule has 1 amide bonds. The van der Waals surface area contributed by atoms with E-state index < -0.39 is 11.9 Å². The molecule has 1 unspecified atom stereocenters. The molecule has 8 nitrogen and oxygen atoms in total. The fourth-order valence-electron chi connectivity index (χ4n) is 1.12. The summed E-state index contributed by atoms with van der Waals surface area (Å²) in [4.78, 5) is 12.4. The maximum Gasteiger partial charge on any atom is 0.260 e. The van der Waals surface area contributed by atoms with Crippen molar-refractivity contribution in [2.45, 2.75) is 13.0 Å². The zero-order valence-corrected chi connectivity index (χ0v) is 8.49. The molecule has 0 aliphatic rings. The highest BCUT2D eigenvalue weighted by molar-refractivity contribution is 5.78. The number of carbonyl (C=O) groups excluding carboxylic acids is 1. The molecule has 0 aromatic carbocycles. The predicted octanol–water partition coefficient (Wildman–Crippen LogP) is -0.516. The number of furan rings is 1. The first-order valence-electron chi connectivity index (χ1n) is 4.56. The van der Waals surface area contributed by atoms with Gasteiger partial charge in [-0.3, -0.25) is 10.2 Å². The van der Waals surface area contributed by atoms with Crippen molar-refractivity contribution in [3.63, 3.8) is 0 Å². The molecule has 0 saturated heterocycles. The lowest BCUT2D eigenvalue weighted by Crippen LogP contribution is -2.36. The number of hydrazine groups is 1. The van der Waals surface area contributed by atoms with Crippen LogP contribution < -0.4 is 11.3 Å². The highest BCUT2D eigenvalue weighted by atomic mass is 16.3. The Hall–Kier alpha value is -2.22. The van der Waals surface area contributed by atoms with Gasteiger partial charge in [0.25, 0.3) is 5.91 Å². The van der Waals surface area contributed by atoms with E-state index in [9.17, 15) is 4.79 Å². The van der Waals surface area contributed by atoms with Crippen LogP contribution in [-0.2, 0) is 4.79 Å². The molecule has 0 saturated carbocycles. The Morgan fingerprint density at radius 3 is 3.12 bits per heavy atom. The lowest BCUT2D eigenvalue weighted by molar-refractivity contribution is -0.124. The number of nitrogens with zero attached hydrogens (tertiary/aromatic N) is 4. The van der Waals surface area contributed by atoms with Crippen molar-refractivity contribution in [3.05, 3.63) is 18.4 Å². The van der Waals surface area contributed by atoms with E-state index in [0.717, 1.165) is 0 Å². The van der Waals surface area contributed by atoms with Gasteiger partial charge in [0, 0.05) is 0 Å². The number of carbonyl (C=O) groups is 1. The van der Waals surface area contributed by atoms with Crippen LogP contribution in [0.15, 0.2) is 22.8 Å². The molecule has 3 N–H and O–H groups in total. The van der Waals surface area contributed by atoms with Crippen LogP contribution >= 0.6 is 0 Å². The summed E-state index contributed by atoms with van der Waals surface area (Å²) in [7, 11) is 0. The number of rotatable bonds is 3. The lowest BCUT2D eigenvalue weighted by atomic mass is 10.3. The molecule has 0 aliphatic carbocycles. The largest absolute Gasteiger partial charge is 0.461 e. The molecule has 0 radical (unpaired) electrons. The predicted molar refractivity (Wildman–Crippen MR) is 52.6 cm³/mol. The summed E-state index contributed by atoms with van der Waals surface area (Å²) < 4.78 is 5.10. The van der Waals surface area contributed by atoms with Crippen LogP contribution in [-0.4, -0.2) is 26.1 Å². The van der Waals surface area contributed by atoms with Gasteiger partial charge in [0.05, 0.1) is 6.26 Å². The highest BCUT2D eigenvalue weighted by Gasteiger charge is 2.18. The van der Waals surface area contributed by atoms with Gasteiger partial charge in [-0.25, -0.2) is 5.84 Å². The second-order valence-corrected chi connectivity index (χ2v) is 3.10. The topological polar surface area (TPSA) is 112 Å². The number of hydrogen-bond acceptors (Lipinski definition) is 6. The van der Waals surface area contributed by atoms with Crippen molar-refractivity contribution >= 4 is 5.91 Å². The molecular weight excluding hydrogens is 212 g/mol. The summed E-state index contributed by atoms with van der Waals surface area (Å²) in [6.07, 6.45) is 1.51. The molecule has 8 heteroatoms. The van der Waals surface area contributed by atoms with Gasteiger partial charge >= 0.3 is 0 Å². The fourth-order valence-corrected chi connectivity index (χ4v) is 1.12. The van der Waals surface area contributed by atoms with Crippen LogP contribution in [0.4, 0.5) is 0 Å². The molecule has 2 heterocycles. The maximum absolute atomic E-state index is 11.2. The zero-order valence-electron chi connectivity index (χ0n) is 8.49. The lowest BCUT2D eigenvalue weighted by Gasteiger charge is -2.06. The van der Waals surface area contributed by atoms with Gasteiger partial charge in [0.2, 0.25) is 5.82 Å². The van der Waals surface area contributed by atoms with E-state index in [-0.39, 0.29) is 0 Å². The number of aromatic nitrogens is 4. The molecule has 84 valence electrons. The van der Waals surface area contributed by atoms with Gasteiger partial charge in [-0.1, -0.05) is 0 Å². The number of hydrogen-bond donors (Lipinski definition) is 2. The highest BCUT2D eigenvalue weighted by Crippen LogP contribution is 2.14. The SMILES string of the molecule is CC(C(=O)NN)n1nnc(-c2ccco2)n1. The summed E-state index contributed by atoms with van der Waals surface area (Å²) in [5.41, 5.74) is 2.02. The number of amides is 1. The van der Waals surface area contributed by atoms with E-state index in [0.29, 0.717) is 11.6 Å². The number of nitrogens with one attached hydrogen (secondary N) is 1. The summed E-state index contributed by atoms with van der Waals surface area (Å²) in [6, 6.07) is 2.79. The van der Waals surface area contributed by atoms with E-state index in [2.05, 4.69) is 15.4 Å². The van der Waals surface area contributed by atoms with Crippen molar-refractivity contribution in [2.24, 2.45) is 5.84 Å². The van der Waals surface area contributed by atoms with Gasteiger partial charge in [0.15, 0.2) is 11.8 Å².